The standard InChI is InChI=1S/C23H31N3O4/c1-4-29-23(27)18-9-7-17(8-10-18)21-15-24-16(2)26-22(21)30-13-5-6-19-11-12-20(28-3)14-25-19/h11-12,14-15,17-18H,4-10,13H2,1-3H3. The van der Waals surface area contributed by atoms with Crippen LogP contribution in [0.15, 0.2) is 24.5 Å². The van der Waals surface area contributed by atoms with E-state index in [1.807, 2.05) is 32.2 Å². The van der Waals surface area contributed by atoms with Crippen LogP contribution in [0.25, 0.3) is 0 Å². The van der Waals surface area contributed by atoms with Crippen molar-refractivity contribution in [1.29, 1.82) is 0 Å². The topological polar surface area (TPSA) is 83.4 Å². The van der Waals surface area contributed by atoms with E-state index in [-0.39, 0.29) is 11.9 Å². The molecule has 0 aliphatic heterocycles. The number of hydrogen-bond donors (Lipinski definition) is 0. The van der Waals surface area contributed by atoms with Crippen LogP contribution in [-0.2, 0) is 16.0 Å². The molecule has 162 valence electrons. The van der Waals surface area contributed by atoms with Gasteiger partial charge in [-0.2, -0.15) is 4.98 Å². The third-order valence-electron chi connectivity index (χ3n) is 5.54. The lowest BCUT2D eigenvalue weighted by molar-refractivity contribution is -0.149. The molecule has 7 nitrogen and oxygen atoms in total. The van der Waals surface area contributed by atoms with Crippen molar-refractivity contribution in [3.05, 3.63) is 41.6 Å². The van der Waals surface area contributed by atoms with Gasteiger partial charge in [0.25, 0.3) is 0 Å². The Labute approximate surface area is 178 Å². The Morgan fingerprint density at radius 1 is 1.13 bits per heavy atom. The first-order chi connectivity index (χ1) is 14.6. The van der Waals surface area contributed by atoms with Crippen molar-refractivity contribution in [2.24, 2.45) is 5.92 Å². The summed E-state index contributed by atoms with van der Waals surface area (Å²) in [5.41, 5.74) is 2.06. The van der Waals surface area contributed by atoms with Crippen molar-refractivity contribution in [2.75, 3.05) is 20.3 Å². The third kappa shape index (κ3) is 5.90. The molecule has 1 saturated carbocycles. The number of carbonyl (C=O) groups excluding carboxylic acids is 1. The van der Waals surface area contributed by atoms with E-state index in [0.717, 1.165) is 55.5 Å². The predicted molar refractivity (Wildman–Crippen MR) is 113 cm³/mol. The van der Waals surface area contributed by atoms with Crippen LogP contribution in [0.2, 0.25) is 0 Å². The fourth-order valence-electron chi connectivity index (χ4n) is 3.86. The summed E-state index contributed by atoms with van der Waals surface area (Å²) in [5, 5.41) is 0. The highest BCUT2D eigenvalue weighted by Gasteiger charge is 2.30. The molecule has 30 heavy (non-hydrogen) atoms. The van der Waals surface area contributed by atoms with Gasteiger partial charge in [-0.15, -0.1) is 0 Å². The number of aryl methyl sites for hydroxylation is 2. The number of pyridine rings is 1. The van der Waals surface area contributed by atoms with Crippen LogP contribution in [0, 0.1) is 12.8 Å². The molecule has 0 unspecified atom stereocenters. The molecule has 0 N–H and O–H groups in total. The molecule has 3 rings (SSSR count). The van der Waals surface area contributed by atoms with Crippen LogP contribution in [0.4, 0.5) is 0 Å². The summed E-state index contributed by atoms with van der Waals surface area (Å²) < 4.78 is 16.4. The molecular weight excluding hydrogens is 382 g/mol. The minimum atomic E-state index is -0.0697. The van der Waals surface area contributed by atoms with Crippen molar-refractivity contribution in [3.63, 3.8) is 0 Å². The molecule has 0 bridgehead atoms. The number of methoxy groups -OCH3 is 1. The van der Waals surface area contributed by atoms with Crippen molar-refractivity contribution in [1.82, 2.24) is 15.0 Å². The Hall–Kier alpha value is -2.70. The lowest BCUT2D eigenvalue weighted by Gasteiger charge is -2.28. The second-order valence-electron chi connectivity index (χ2n) is 7.62. The van der Waals surface area contributed by atoms with Crippen molar-refractivity contribution in [3.8, 4) is 11.6 Å². The molecule has 7 heteroatoms. The van der Waals surface area contributed by atoms with Crippen LogP contribution in [0.3, 0.4) is 0 Å². The lowest BCUT2D eigenvalue weighted by Crippen LogP contribution is -2.23. The number of aromatic nitrogens is 3. The number of nitrogens with zero attached hydrogens (tertiary/aromatic N) is 3. The molecule has 1 fully saturated rings. The summed E-state index contributed by atoms with van der Waals surface area (Å²) in [6.07, 6.45) is 8.79. The molecule has 2 aromatic heterocycles. The van der Waals surface area contributed by atoms with Gasteiger partial charge in [0.2, 0.25) is 5.88 Å². The van der Waals surface area contributed by atoms with E-state index in [1.165, 1.54) is 0 Å². The zero-order valence-electron chi connectivity index (χ0n) is 18.1. The summed E-state index contributed by atoms with van der Waals surface area (Å²) in [5.74, 6) is 2.38. The Morgan fingerprint density at radius 3 is 2.60 bits per heavy atom. The van der Waals surface area contributed by atoms with Gasteiger partial charge in [0.1, 0.15) is 11.6 Å². The second kappa shape index (κ2) is 10.9. The molecule has 0 aromatic carbocycles. The fraction of sp³-hybridized carbons (Fsp3) is 0.565. The average Bonchev–Trinajstić information content (AvgIpc) is 2.77. The summed E-state index contributed by atoms with van der Waals surface area (Å²) in [7, 11) is 1.63. The highest BCUT2D eigenvalue weighted by atomic mass is 16.5. The number of hydrogen-bond acceptors (Lipinski definition) is 7. The first kappa shape index (κ1) is 22.0. The Kier molecular flexibility index (Phi) is 7.99. The second-order valence-corrected chi connectivity index (χ2v) is 7.62. The lowest BCUT2D eigenvalue weighted by atomic mass is 9.79. The smallest absolute Gasteiger partial charge is 0.308 e. The van der Waals surface area contributed by atoms with Gasteiger partial charge in [-0.3, -0.25) is 9.78 Å². The van der Waals surface area contributed by atoms with Gasteiger partial charge in [-0.05, 0) is 70.4 Å². The normalized spacial score (nSPS) is 18.6. The van der Waals surface area contributed by atoms with Gasteiger partial charge in [0.05, 0.1) is 32.4 Å². The van der Waals surface area contributed by atoms with Gasteiger partial charge >= 0.3 is 5.97 Å². The Balaban J connectivity index is 1.54. The van der Waals surface area contributed by atoms with Crippen molar-refractivity contribution < 1.29 is 19.0 Å². The summed E-state index contributed by atoms with van der Waals surface area (Å²) in [6, 6.07) is 3.89. The van der Waals surface area contributed by atoms with Gasteiger partial charge < -0.3 is 14.2 Å². The van der Waals surface area contributed by atoms with E-state index >= 15 is 0 Å². The van der Waals surface area contributed by atoms with E-state index in [2.05, 4.69) is 15.0 Å². The van der Waals surface area contributed by atoms with Crippen LogP contribution >= 0.6 is 0 Å². The van der Waals surface area contributed by atoms with E-state index in [9.17, 15) is 4.79 Å². The van der Waals surface area contributed by atoms with E-state index < -0.39 is 0 Å². The highest BCUT2D eigenvalue weighted by molar-refractivity contribution is 5.72. The Morgan fingerprint density at radius 2 is 1.93 bits per heavy atom. The maximum absolute atomic E-state index is 12.0. The molecule has 1 aliphatic carbocycles. The minimum Gasteiger partial charge on any atom is -0.495 e. The van der Waals surface area contributed by atoms with Gasteiger partial charge in [0.15, 0.2) is 0 Å². The predicted octanol–water partition coefficient (Wildman–Crippen LogP) is 4.04. The summed E-state index contributed by atoms with van der Waals surface area (Å²) >= 11 is 0. The average molecular weight is 414 g/mol. The molecule has 0 saturated heterocycles. The molecule has 0 atom stereocenters. The van der Waals surface area contributed by atoms with Crippen LogP contribution < -0.4 is 9.47 Å². The number of esters is 1. The third-order valence-corrected chi connectivity index (χ3v) is 5.54. The summed E-state index contributed by atoms with van der Waals surface area (Å²) in [4.78, 5) is 25.3. The van der Waals surface area contributed by atoms with Gasteiger partial charge in [-0.25, -0.2) is 4.98 Å². The molecule has 2 aromatic rings. The number of ether oxygens (including phenoxy) is 3. The van der Waals surface area contributed by atoms with Crippen molar-refractivity contribution in [2.45, 2.75) is 58.3 Å². The SMILES string of the molecule is CCOC(=O)C1CCC(c2cnc(C)nc2OCCCc2ccc(OC)cn2)CC1. The van der Waals surface area contributed by atoms with E-state index in [0.29, 0.717) is 30.8 Å². The maximum Gasteiger partial charge on any atom is 0.308 e. The zero-order valence-corrected chi connectivity index (χ0v) is 18.1. The minimum absolute atomic E-state index is 0.00827. The molecule has 2 heterocycles. The molecule has 1 aliphatic rings. The van der Waals surface area contributed by atoms with Gasteiger partial charge in [0, 0.05) is 17.5 Å². The fourth-order valence-corrected chi connectivity index (χ4v) is 3.86. The molecule has 0 radical (unpaired) electrons. The first-order valence-electron chi connectivity index (χ1n) is 10.7. The Bertz CT molecular complexity index is 818. The van der Waals surface area contributed by atoms with Crippen LogP contribution in [0.5, 0.6) is 11.6 Å². The van der Waals surface area contributed by atoms with Crippen molar-refractivity contribution >= 4 is 5.97 Å². The monoisotopic (exact) mass is 413 g/mol. The van der Waals surface area contributed by atoms with E-state index in [1.54, 1.807) is 13.3 Å². The van der Waals surface area contributed by atoms with Crippen LogP contribution in [-0.4, -0.2) is 41.2 Å². The summed E-state index contributed by atoms with van der Waals surface area (Å²) in [6.45, 7) is 4.72. The molecular formula is C23H31N3O4. The molecule has 0 spiro atoms. The maximum atomic E-state index is 12.0. The number of carbonyl (C=O) groups is 1. The number of rotatable bonds is 9. The quantitative estimate of drug-likeness (QED) is 0.453. The largest absolute Gasteiger partial charge is 0.495 e. The first-order valence-corrected chi connectivity index (χ1v) is 10.7. The van der Waals surface area contributed by atoms with Gasteiger partial charge in [-0.1, -0.05) is 0 Å². The molecule has 0 amide bonds. The highest BCUT2D eigenvalue weighted by Crippen LogP contribution is 2.39. The van der Waals surface area contributed by atoms with E-state index in [4.69, 9.17) is 14.2 Å². The zero-order chi connectivity index (χ0) is 21.3. The van der Waals surface area contributed by atoms with Crippen LogP contribution in [0.1, 0.15) is 62.0 Å².